The van der Waals surface area contributed by atoms with E-state index in [1.165, 1.54) is 0 Å². The van der Waals surface area contributed by atoms with Gasteiger partial charge in [0.15, 0.2) is 0 Å². The van der Waals surface area contributed by atoms with Gasteiger partial charge in [0.2, 0.25) is 0 Å². The highest BCUT2D eigenvalue weighted by molar-refractivity contribution is 6.33. The summed E-state index contributed by atoms with van der Waals surface area (Å²) >= 11 is 0. The fourth-order valence-electron chi connectivity index (χ4n) is 0.749. The van der Waals surface area contributed by atoms with E-state index in [0.29, 0.717) is 5.57 Å². The molecule has 0 N–H and O–H groups in total. The highest BCUT2D eigenvalue weighted by Crippen LogP contribution is 2.06. The smallest absolute Gasteiger partial charge is 0.333 e. The van der Waals surface area contributed by atoms with Crippen molar-refractivity contribution in [2.24, 2.45) is 0 Å². The van der Waals surface area contributed by atoms with Gasteiger partial charge in [0, 0.05) is 15.1 Å². The number of esters is 1. The second-order valence-corrected chi connectivity index (χ2v) is 3.89. The Hall–Kier alpha value is -0.573. The van der Waals surface area contributed by atoms with E-state index in [2.05, 4.69) is 13.1 Å². The Morgan fingerprint density at radius 2 is 2.25 bits per heavy atom. The van der Waals surface area contributed by atoms with Gasteiger partial charge in [-0.2, -0.15) is 0 Å². The molecular weight excluding hydrogens is 168 g/mol. The van der Waals surface area contributed by atoms with E-state index in [0.717, 1.165) is 22.0 Å². The Bertz CT molecular complexity index is 166. The van der Waals surface area contributed by atoms with Gasteiger partial charge in [0.25, 0.3) is 0 Å². The van der Waals surface area contributed by atoms with Crippen LogP contribution in [0, 0.1) is 0 Å². The highest BCUT2D eigenvalue weighted by Gasteiger charge is 2.11. The molecule has 0 aromatic carbocycles. The second kappa shape index (κ2) is 6.00. The molecule has 0 saturated heterocycles. The summed E-state index contributed by atoms with van der Waals surface area (Å²) < 4.78 is 5.17. The van der Waals surface area contributed by atoms with E-state index in [9.17, 15) is 4.79 Å². The molecule has 1 unspecified atom stereocenters. The van der Waals surface area contributed by atoms with Crippen molar-refractivity contribution in [3.05, 3.63) is 12.2 Å². The normalized spacial score (nSPS) is 12.2. The minimum atomic E-state index is -0.264. The lowest BCUT2D eigenvalue weighted by molar-refractivity contribution is -0.143. The van der Waals surface area contributed by atoms with Crippen molar-refractivity contribution in [1.29, 1.82) is 0 Å². The average Bonchev–Trinajstić information content (AvgIpc) is 2.03. The van der Waals surface area contributed by atoms with Crippen molar-refractivity contribution in [2.45, 2.75) is 39.0 Å². The third kappa shape index (κ3) is 4.33. The third-order valence-corrected chi connectivity index (χ3v) is 2.37. The van der Waals surface area contributed by atoms with Crippen molar-refractivity contribution in [1.82, 2.24) is 0 Å². The SMILES string of the molecule is C=C(C)C(=O)OC(CC)C[Si]C. The summed E-state index contributed by atoms with van der Waals surface area (Å²) in [5.74, 6) is -0.264. The molecule has 0 fully saturated rings. The summed E-state index contributed by atoms with van der Waals surface area (Å²) in [6.07, 6.45) is 0.970. The van der Waals surface area contributed by atoms with Gasteiger partial charge in [-0.3, -0.25) is 0 Å². The van der Waals surface area contributed by atoms with Crippen molar-refractivity contribution in [3.8, 4) is 0 Å². The monoisotopic (exact) mass is 184 g/mol. The lowest BCUT2D eigenvalue weighted by Gasteiger charge is -2.14. The first kappa shape index (κ1) is 11.4. The van der Waals surface area contributed by atoms with Crippen molar-refractivity contribution in [3.63, 3.8) is 0 Å². The predicted molar refractivity (Wildman–Crippen MR) is 51.4 cm³/mol. The maximum absolute atomic E-state index is 11.1. The van der Waals surface area contributed by atoms with Gasteiger partial charge in [0.1, 0.15) is 0 Å². The van der Waals surface area contributed by atoms with E-state index in [1.807, 2.05) is 6.92 Å². The molecule has 0 amide bonds. The molecule has 0 rings (SSSR count). The van der Waals surface area contributed by atoms with E-state index < -0.39 is 0 Å². The number of carbonyl (C=O) groups excluding carboxylic acids is 1. The van der Waals surface area contributed by atoms with Crippen LogP contribution >= 0.6 is 0 Å². The highest BCUT2D eigenvalue weighted by atomic mass is 28.2. The molecule has 12 heavy (non-hydrogen) atoms. The van der Waals surface area contributed by atoms with Gasteiger partial charge in [-0.1, -0.05) is 20.0 Å². The second-order valence-electron chi connectivity index (χ2n) is 2.77. The summed E-state index contributed by atoms with van der Waals surface area (Å²) in [7, 11) is 0.831. The topological polar surface area (TPSA) is 26.3 Å². The molecule has 0 heterocycles. The molecule has 0 aromatic heterocycles. The molecule has 0 aliphatic rings. The van der Waals surface area contributed by atoms with Gasteiger partial charge in [-0.25, -0.2) is 4.79 Å². The first-order chi connectivity index (χ1) is 5.61. The zero-order chi connectivity index (χ0) is 9.56. The summed E-state index contributed by atoms with van der Waals surface area (Å²) in [4.78, 5) is 11.1. The fourth-order valence-corrected chi connectivity index (χ4v) is 1.58. The molecule has 2 nitrogen and oxygen atoms in total. The molecule has 3 heteroatoms. The largest absolute Gasteiger partial charge is 0.459 e. The van der Waals surface area contributed by atoms with Crippen LogP contribution in [0.5, 0.6) is 0 Å². The van der Waals surface area contributed by atoms with Crippen LogP contribution in [0.1, 0.15) is 20.3 Å². The van der Waals surface area contributed by atoms with E-state index in [-0.39, 0.29) is 12.1 Å². The Balaban J connectivity index is 3.85. The molecule has 1 atom stereocenters. The van der Waals surface area contributed by atoms with Crippen LogP contribution < -0.4 is 0 Å². The quantitative estimate of drug-likeness (QED) is 0.371. The van der Waals surface area contributed by atoms with Gasteiger partial charge in [-0.05, 0) is 19.4 Å². The maximum Gasteiger partial charge on any atom is 0.333 e. The standard InChI is InChI=1S/C9H16O2Si/c1-5-8(6-12-4)11-9(10)7(2)3/h8H,2,5-6H2,1,3-4H3. The van der Waals surface area contributed by atoms with Gasteiger partial charge < -0.3 is 4.74 Å². The first-order valence-electron chi connectivity index (χ1n) is 4.12. The lowest BCUT2D eigenvalue weighted by Crippen LogP contribution is -2.18. The zero-order valence-corrected chi connectivity index (χ0v) is 9.02. The molecule has 0 spiro atoms. The van der Waals surface area contributed by atoms with Crippen molar-refractivity contribution < 1.29 is 9.53 Å². The Morgan fingerprint density at radius 1 is 1.67 bits per heavy atom. The number of carbonyl (C=O) groups is 1. The van der Waals surface area contributed by atoms with Crippen molar-refractivity contribution in [2.75, 3.05) is 0 Å². The number of rotatable bonds is 5. The predicted octanol–water partition coefficient (Wildman–Crippen LogP) is 2.05. The Morgan fingerprint density at radius 3 is 2.58 bits per heavy atom. The van der Waals surface area contributed by atoms with Crippen molar-refractivity contribution >= 4 is 15.5 Å². The van der Waals surface area contributed by atoms with Gasteiger partial charge >= 0.3 is 5.97 Å². The summed E-state index contributed by atoms with van der Waals surface area (Å²) in [5.41, 5.74) is 0.480. The van der Waals surface area contributed by atoms with Gasteiger partial charge in [0.05, 0.1) is 6.10 Å². The summed E-state index contributed by atoms with van der Waals surface area (Å²) in [6.45, 7) is 9.33. The zero-order valence-electron chi connectivity index (χ0n) is 8.02. The van der Waals surface area contributed by atoms with Crippen LogP contribution in [0.15, 0.2) is 12.2 Å². The third-order valence-electron chi connectivity index (χ3n) is 1.51. The molecule has 0 aliphatic carbocycles. The summed E-state index contributed by atoms with van der Waals surface area (Å²) in [5, 5.41) is 0. The minimum Gasteiger partial charge on any atom is -0.459 e. The van der Waals surface area contributed by atoms with Crippen LogP contribution in [-0.2, 0) is 9.53 Å². The number of ether oxygens (including phenoxy) is 1. The molecule has 68 valence electrons. The van der Waals surface area contributed by atoms with Crippen LogP contribution in [-0.4, -0.2) is 21.6 Å². The Labute approximate surface area is 76.8 Å². The molecular formula is C9H16O2Si. The maximum atomic E-state index is 11.1. The van der Waals surface area contributed by atoms with Crippen LogP contribution in [0.25, 0.3) is 0 Å². The fraction of sp³-hybridized carbons (Fsp3) is 0.667. The molecule has 0 aromatic rings. The van der Waals surface area contributed by atoms with Crippen LogP contribution in [0.4, 0.5) is 0 Å². The van der Waals surface area contributed by atoms with Crippen LogP contribution in [0.3, 0.4) is 0 Å². The Kier molecular flexibility index (Phi) is 5.71. The van der Waals surface area contributed by atoms with E-state index in [4.69, 9.17) is 4.74 Å². The van der Waals surface area contributed by atoms with Gasteiger partial charge in [-0.15, -0.1) is 0 Å². The van der Waals surface area contributed by atoms with E-state index >= 15 is 0 Å². The minimum absolute atomic E-state index is 0.0810. The molecule has 0 aliphatic heterocycles. The average molecular weight is 184 g/mol. The lowest BCUT2D eigenvalue weighted by atomic mass is 10.3. The van der Waals surface area contributed by atoms with Crippen LogP contribution in [0.2, 0.25) is 12.6 Å². The molecule has 2 radical (unpaired) electrons. The molecule has 0 saturated carbocycles. The molecule has 0 bridgehead atoms. The number of hydrogen-bond donors (Lipinski definition) is 0. The first-order valence-corrected chi connectivity index (χ1v) is 5.83. The summed E-state index contributed by atoms with van der Waals surface area (Å²) in [6, 6.07) is 0.968. The number of hydrogen-bond acceptors (Lipinski definition) is 2. The van der Waals surface area contributed by atoms with E-state index in [1.54, 1.807) is 6.92 Å².